The Hall–Kier alpha value is -3.92. The van der Waals surface area contributed by atoms with Crippen molar-refractivity contribution in [2.75, 3.05) is 13.6 Å². The lowest BCUT2D eigenvalue weighted by Crippen LogP contribution is -2.51. The fourth-order valence-corrected chi connectivity index (χ4v) is 6.81. The molecule has 1 spiro atoms. The van der Waals surface area contributed by atoms with Crippen molar-refractivity contribution in [1.29, 1.82) is 0 Å². The molecule has 1 aliphatic heterocycles. The van der Waals surface area contributed by atoms with Crippen LogP contribution in [0.5, 0.6) is 5.75 Å². The van der Waals surface area contributed by atoms with E-state index in [1.165, 1.54) is 0 Å². The summed E-state index contributed by atoms with van der Waals surface area (Å²) >= 11 is 0. The molecule has 1 aliphatic carbocycles. The van der Waals surface area contributed by atoms with Gasteiger partial charge in [-0.15, -0.1) is 5.10 Å². The number of carbonyl (C=O) groups is 2. The number of amidine groups is 1. The molecule has 0 aromatic heterocycles. The van der Waals surface area contributed by atoms with Gasteiger partial charge >= 0.3 is 0 Å². The lowest BCUT2D eigenvalue weighted by Gasteiger charge is -2.47. The Kier molecular flexibility index (Phi) is 11.6. The first-order valence-corrected chi connectivity index (χ1v) is 17.4. The molecule has 2 aromatic rings. The maximum atomic E-state index is 14.7. The Bertz CT molecular complexity index is 1460. The predicted octanol–water partition coefficient (Wildman–Crippen LogP) is 6.33. The van der Waals surface area contributed by atoms with Crippen molar-refractivity contribution in [3.63, 3.8) is 0 Å². The third-order valence-electron chi connectivity index (χ3n) is 9.48. The number of benzene rings is 2. The van der Waals surface area contributed by atoms with E-state index < -0.39 is 5.66 Å². The minimum atomic E-state index is -0.627. The van der Waals surface area contributed by atoms with Gasteiger partial charge in [-0.2, -0.15) is 0 Å². The molecule has 1 fully saturated rings. The van der Waals surface area contributed by atoms with E-state index in [0.717, 1.165) is 55.4 Å². The van der Waals surface area contributed by atoms with Gasteiger partial charge in [-0.05, 0) is 111 Å². The zero-order chi connectivity index (χ0) is 35.3. The van der Waals surface area contributed by atoms with Gasteiger partial charge in [0, 0.05) is 18.2 Å². The van der Waals surface area contributed by atoms with Gasteiger partial charge in [-0.3, -0.25) is 14.6 Å². The summed E-state index contributed by atoms with van der Waals surface area (Å²) in [6.45, 7) is 17.7. The number of rotatable bonds is 12. The first kappa shape index (κ1) is 36.9. The molecule has 2 amide bonds. The first-order valence-electron chi connectivity index (χ1n) is 17.4. The number of nitrogens with one attached hydrogen (secondary N) is 3. The number of hydrazine groups is 1. The Morgan fingerprint density at radius 1 is 1.04 bits per heavy atom. The molecule has 0 saturated heterocycles. The van der Waals surface area contributed by atoms with E-state index >= 15 is 0 Å². The zero-order valence-electron chi connectivity index (χ0n) is 30.4. The average molecular weight is 660 g/mol. The Morgan fingerprint density at radius 2 is 1.67 bits per heavy atom. The van der Waals surface area contributed by atoms with Crippen molar-refractivity contribution in [2.45, 2.75) is 112 Å². The largest absolute Gasteiger partial charge is 0.491 e. The topological polar surface area (TPSA) is 133 Å². The zero-order valence-corrected chi connectivity index (χ0v) is 30.4. The smallest absolute Gasteiger partial charge is 0.275 e. The number of aliphatic imine (C=N–C) groups is 1. The van der Waals surface area contributed by atoms with Gasteiger partial charge in [-0.25, -0.2) is 11.0 Å². The molecule has 2 aromatic carbocycles. The highest BCUT2D eigenvalue weighted by atomic mass is 16.5. The van der Waals surface area contributed by atoms with Gasteiger partial charge < -0.3 is 20.7 Å². The third-order valence-corrected chi connectivity index (χ3v) is 9.48. The number of hydrazone groups is 1. The van der Waals surface area contributed by atoms with Crippen molar-refractivity contribution in [3.05, 3.63) is 65.2 Å². The molecule has 5 N–H and O–H groups in total. The number of carbonyl (C=O) groups excluding carboxylic acids is 2. The summed E-state index contributed by atoms with van der Waals surface area (Å²) in [6.07, 6.45) is 5.40. The normalized spacial score (nSPS) is 21.0. The maximum absolute atomic E-state index is 14.7. The van der Waals surface area contributed by atoms with E-state index in [1.54, 1.807) is 7.05 Å². The molecule has 2 aliphatic rings. The molecule has 1 heterocycles. The Labute approximate surface area is 287 Å². The van der Waals surface area contributed by atoms with Crippen LogP contribution in [-0.4, -0.2) is 53.6 Å². The van der Waals surface area contributed by atoms with Crippen LogP contribution in [-0.2, 0) is 4.79 Å². The van der Waals surface area contributed by atoms with Crippen LogP contribution in [0.3, 0.4) is 0 Å². The molecule has 4 rings (SSSR count). The molecule has 1 unspecified atom stereocenters. The highest BCUT2D eigenvalue weighted by Crippen LogP contribution is 2.50. The summed E-state index contributed by atoms with van der Waals surface area (Å²) in [5, 5.41) is 6.71. The van der Waals surface area contributed by atoms with Gasteiger partial charge in [0.2, 0.25) is 0 Å². The number of amides is 2. The second kappa shape index (κ2) is 15.1. The highest BCUT2D eigenvalue weighted by Gasteiger charge is 2.52. The van der Waals surface area contributed by atoms with E-state index in [-0.39, 0.29) is 47.2 Å². The lowest BCUT2D eigenvalue weighted by atomic mass is 9.69. The summed E-state index contributed by atoms with van der Waals surface area (Å²) in [4.78, 5) is 35.2. The van der Waals surface area contributed by atoms with Crippen LogP contribution in [0.2, 0.25) is 0 Å². The molecular weight excluding hydrogens is 602 g/mol. The molecule has 1 saturated carbocycles. The molecular formula is C38H57N7O3. The molecule has 10 heteroatoms. The number of hydrogen-bond donors (Lipinski definition) is 4. The lowest BCUT2D eigenvalue weighted by molar-refractivity contribution is -0.134. The maximum Gasteiger partial charge on any atom is 0.275 e. The SMILES string of the molecule is CNNN=C(N)CNC(=O)c1ccc(C(CCC(C)(C)C)N2C(=O)C(c3ccc(OC(C)C)cc3)=NC23CCC(C(C)(C)C)CC3)cc1. The summed E-state index contributed by atoms with van der Waals surface area (Å²) in [7, 11) is 1.67. The van der Waals surface area contributed by atoms with Crippen molar-refractivity contribution in [3.8, 4) is 5.75 Å². The second-order valence-corrected chi connectivity index (χ2v) is 15.8. The summed E-state index contributed by atoms with van der Waals surface area (Å²) in [6, 6.07) is 15.2. The van der Waals surface area contributed by atoms with Gasteiger partial charge in [0.1, 0.15) is 23.0 Å². The van der Waals surface area contributed by atoms with Crippen LogP contribution in [0.15, 0.2) is 58.6 Å². The summed E-state index contributed by atoms with van der Waals surface area (Å²) in [5.74, 6) is 1.29. The van der Waals surface area contributed by atoms with E-state index in [1.807, 2.05) is 62.4 Å². The van der Waals surface area contributed by atoms with Gasteiger partial charge in [-0.1, -0.05) is 53.7 Å². The predicted molar refractivity (Wildman–Crippen MR) is 194 cm³/mol. The van der Waals surface area contributed by atoms with Crippen molar-refractivity contribution in [2.24, 2.45) is 32.6 Å². The average Bonchev–Trinajstić information content (AvgIpc) is 3.29. The fraction of sp³-hybridized carbons (Fsp3) is 0.579. The molecule has 48 heavy (non-hydrogen) atoms. The van der Waals surface area contributed by atoms with E-state index in [9.17, 15) is 9.59 Å². The van der Waals surface area contributed by atoms with Crippen LogP contribution in [0.4, 0.5) is 0 Å². The minimum absolute atomic E-state index is 0.0348. The van der Waals surface area contributed by atoms with Crippen LogP contribution < -0.4 is 26.7 Å². The van der Waals surface area contributed by atoms with Crippen LogP contribution in [0.1, 0.15) is 121 Å². The van der Waals surface area contributed by atoms with E-state index in [2.05, 4.69) is 67.8 Å². The van der Waals surface area contributed by atoms with Crippen molar-refractivity contribution < 1.29 is 14.3 Å². The number of nitrogens with zero attached hydrogens (tertiary/aromatic N) is 3. The Morgan fingerprint density at radius 3 is 2.21 bits per heavy atom. The number of hydrogen-bond acceptors (Lipinski definition) is 7. The van der Waals surface area contributed by atoms with E-state index in [4.69, 9.17) is 15.5 Å². The highest BCUT2D eigenvalue weighted by molar-refractivity contribution is 6.46. The summed E-state index contributed by atoms with van der Waals surface area (Å²) < 4.78 is 5.88. The van der Waals surface area contributed by atoms with Crippen LogP contribution in [0.25, 0.3) is 0 Å². The standard InChI is InChI=1S/C38H57N7O3/c1-25(2)48-30-16-14-27(15-17-30)33-35(47)45(38(42-33)22-18-29(19-23-38)37(6,7)8)31(20-21-36(3,4)5)26-10-12-28(13-11-26)34(46)41-24-32(39)43-44-40-9/h10-17,25,29,31,40,44H,18-24H2,1-9H3,(H2,39,43)(H,41,46). The molecule has 0 bridgehead atoms. The second-order valence-electron chi connectivity index (χ2n) is 15.8. The first-order chi connectivity index (χ1) is 22.5. The molecule has 1 atom stereocenters. The Balaban J connectivity index is 1.70. The monoisotopic (exact) mass is 659 g/mol. The quantitative estimate of drug-likeness (QED) is 0.120. The number of nitrogens with two attached hydrogens (primary N) is 1. The molecule has 0 radical (unpaired) electrons. The minimum Gasteiger partial charge on any atom is -0.491 e. The van der Waals surface area contributed by atoms with Crippen molar-refractivity contribution in [1.82, 2.24) is 21.2 Å². The molecule has 10 nitrogen and oxygen atoms in total. The third kappa shape index (κ3) is 9.15. The van der Waals surface area contributed by atoms with Gasteiger partial charge in [0.25, 0.3) is 11.8 Å². The van der Waals surface area contributed by atoms with Crippen LogP contribution in [0, 0.1) is 16.7 Å². The van der Waals surface area contributed by atoms with E-state index in [0.29, 0.717) is 17.2 Å². The van der Waals surface area contributed by atoms with Crippen LogP contribution >= 0.6 is 0 Å². The van der Waals surface area contributed by atoms with Gasteiger partial charge in [0.05, 0.1) is 18.7 Å². The van der Waals surface area contributed by atoms with Crippen molar-refractivity contribution >= 4 is 23.4 Å². The fourth-order valence-electron chi connectivity index (χ4n) is 6.81. The summed E-state index contributed by atoms with van der Waals surface area (Å²) in [5.41, 5.74) is 13.5. The molecule has 262 valence electrons. The van der Waals surface area contributed by atoms with Gasteiger partial charge in [0.15, 0.2) is 0 Å². The number of ether oxygens (including phenoxy) is 1.